The molecule has 0 amide bonds. The van der Waals surface area contributed by atoms with Crippen molar-refractivity contribution < 1.29 is 0 Å². The molecule has 0 aliphatic carbocycles. The van der Waals surface area contributed by atoms with Gasteiger partial charge in [-0.15, -0.1) is 23.7 Å². The molecule has 0 saturated heterocycles. The molecule has 0 atom stereocenters. The number of H-pyrrole nitrogens is 1. The highest BCUT2D eigenvalue weighted by Gasteiger charge is 2.16. The third-order valence-electron chi connectivity index (χ3n) is 3.41. The minimum atomic E-state index is -0.502. The van der Waals surface area contributed by atoms with Gasteiger partial charge in [0, 0.05) is 18.6 Å². The Morgan fingerprint density at radius 2 is 2.04 bits per heavy atom. The lowest BCUT2D eigenvalue weighted by atomic mass is 10.3. The minimum Gasteiger partial charge on any atom is -0.305 e. The van der Waals surface area contributed by atoms with Crippen LogP contribution in [0.1, 0.15) is 0 Å². The fourth-order valence-corrected chi connectivity index (χ4v) is 3.96. The third kappa shape index (κ3) is 2.32. The van der Waals surface area contributed by atoms with Gasteiger partial charge >= 0.3 is 5.69 Å². The molecule has 0 aromatic carbocycles. The van der Waals surface area contributed by atoms with E-state index in [0.29, 0.717) is 21.4 Å². The molecule has 23 heavy (non-hydrogen) atoms. The fraction of sp³-hybridized carbons (Fsp3) is 0.0769. The summed E-state index contributed by atoms with van der Waals surface area (Å²) in [6.45, 7) is 0. The number of hydrogen-bond donors (Lipinski definition) is 1. The Morgan fingerprint density at radius 3 is 2.83 bits per heavy atom. The van der Waals surface area contributed by atoms with Crippen molar-refractivity contribution in [2.75, 3.05) is 0 Å². The summed E-state index contributed by atoms with van der Waals surface area (Å²) < 4.78 is 3.98. The van der Waals surface area contributed by atoms with Gasteiger partial charge in [0.15, 0.2) is 0 Å². The van der Waals surface area contributed by atoms with Crippen molar-refractivity contribution in [3.8, 4) is 5.69 Å². The van der Waals surface area contributed by atoms with Gasteiger partial charge in [0.05, 0.1) is 32.9 Å². The van der Waals surface area contributed by atoms with E-state index in [1.807, 2.05) is 0 Å². The molecular weight excluding hydrogens is 406 g/mol. The smallest absolute Gasteiger partial charge is 0.305 e. The molecule has 4 rings (SSSR count). The highest BCUT2D eigenvalue weighted by Crippen LogP contribution is 2.26. The molecule has 0 unspecified atom stereocenters. The maximum absolute atomic E-state index is 12.7. The van der Waals surface area contributed by atoms with Crippen LogP contribution < -0.4 is 11.2 Å². The number of aromatic amines is 1. The van der Waals surface area contributed by atoms with E-state index in [1.54, 1.807) is 30.2 Å². The summed E-state index contributed by atoms with van der Waals surface area (Å²) >= 11 is 4.61. The Kier molecular flexibility index (Phi) is 3.86. The molecule has 0 spiro atoms. The van der Waals surface area contributed by atoms with Gasteiger partial charge in [-0.25, -0.2) is 9.36 Å². The first-order valence-corrected chi connectivity index (χ1v) is 7.87. The number of fused-ring (bicyclic) bond motifs is 2. The summed E-state index contributed by atoms with van der Waals surface area (Å²) in [5, 5.41) is 4.91. The normalized spacial score (nSPS) is 11.0. The Balaban J connectivity index is 0.00000156. The second kappa shape index (κ2) is 5.59. The van der Waals surface area contributed by atoms with E-state index in [4.69, 9.17) is 0 Å². The minimum absolute atomic E-state index is 0. The number of thiophene rings is 1. The van der Waals surface area contributed by atoms with Gasteiger partial charge in [0.2, 0.25) is 0 Å². The molecule has 10 heteroatoms. The monoisotopic (exact) mass is 413 g/mol. The van der Waals surface area contributed by atoms with Crippen molar-refractivity contribution in [2.24, 2.45) is 7.05 Å². The van der Waals surface area contributed by atoms with E-state index >= 15 is 0 Å². The summed E-state index contributed by atoms with van der Waals surface area (Å²) in [4.78, 5) is 31.9. The Hall–Kier alpha value is -1.97. The first kappa shape index (κ1) is 15.9. The third-order valence-corrected chi connectivity index (χ3v) is 5.03. The number of halogens is 2. The number of nitrogens with one attached hydrogen (secondary N) is 1. The van der Waals surface area contributed by atoms with Crippen molar-refractivity contribution in [3.05, 3.63) is 49.3 Å². The predicted molar refractivity (Wildman–Crippen MR) is 95.1 cm³/mol. The van der Waals surface area contributed by atoms with Crippen LogP contribution in [-0.2, 0) is 7.05 Å². The van der Waals surface area contributed by atoms with Crippen LogP contribution in [0.4, 0.5) is 0 Å². The van der Waals surface area contributed by atoms with Gasteiger partial charge in [-0.3, -0.25) is 14.5 Å². The van der Waals surface area contributed by atoms with Crippen molar-refractivity contribution in [1.82, 2.24) is 24.3 Å². The fourth-order valence-electron chi connectivity index (χ4n) is 2.47. The average molecular weight is 415 g/mol. The molecule has 118 valence electrons. The van der Waals surface area contributed by atoms with Crippen LogP contribution in [0.15, 0.2) is 38.0 Å². The van der Waals surface area contributed by atoms with Gasteiger partial charge in [-0.05, 0) is 22.0 Å². The number of nitrogens with zero attached hydrogens (tertiary/aromatic N) is 4. The summed E-state index contributed by atoms with van der Waals surface area (Å²) in [5.74, 6) is 0. The Bertz CT molecular complexity index is 1160. The molecule has 0 aliphatic rings. The summed E-state index contributed by atoms with van der Waals surface area (Å²) in [6, 6.07) is 1.72. The molecule has 7 nitrogen and oxygen atoms in total. The number of pyridine rings is 1. The number of aromatic nitrogens is 5. The summed E-state index contributed by atoms with van der Waals surface area (Å²) in [5.41, 5.74) is 0.740. The number of aryl methyl sites for hydroxylation is 1. The molecule has 4 heterocycles. The van der Waals surface area contributed by atoms with Crippen molar-refractivity contribution in [1.29, 1.82) is 0 Å². The highest BCUT2D eigenvalue weighted by molar-refractivity contribution is 9.11. The predicted octanol–water partition coefficient (Wildman–Crippen LogP) is 2.21. The highest BCUT2D eigenvalue weighted by atomic mass is 79.9. The zero-order valence-electron chi connectivity index (χ0n) is 11.6. The van der Waals surface area contributed by atoms with E-state index in [1.165, 1.54) is 17.5 Å². The van der Waals surface area contributed by atoms with E-state index in [2.05, 4.69) is 31.0 Å². The lowest BCUT2D eigenvalue weighted by Gasteiger charge is -2.06. The van der Waals surface area contributed by atoms with Crippen LogP contribution in [0, 0.1) is 0 Å². The van der Waals surface area contributed by atoms with Crippen LogP contribution in [0.2, 0.25) is 0 Å². The molecular formula is C13H9BrClN5O2S. The van der Waals surface area contributed by atoms with Crippen LogP contribution in [-0.4, -0.2) is 24.3 Å². The Labute approximate surface area is 147 Å². The molecule has 1 N–H and O–H groups in total. The zero-order valence-corrected chi connectivity index (χ0v) is 14.8. The van der Waals surface area contributed by atoms with Gasteiger partial charge in [-0.1, -0.05) is 0 Å². The van der Waals surface area contributed by atoms with Crippen LogP contribution in [0.5, 0.6) is 0 Å². The van der Waals surface area contributed by atoms with E-state index < -0.39 is 5.69 Å². The van der Waals surface area contributed by atoms with Gasteiger partial charge in [0.1, 0.15) is 4.70 Å². The van der Waals surface area contributed by atoms with Crippen molar-refractivity contribution in [2.45, 2.75) is 0 Å². The molecule has 0 radical (unpaired) electrons. The second-order valence-corrected chi connectivity index (χ2v) is 7.16. The van der Waals surface area contributed by atoms with E-state index in [9.17, 15) is 9.59 Å². The summed E-state index contributed by atoms with van der Waals surface area (Å²) in [7, 11) is 1.76. The van der Waals surface area contributed by atoms with Crippen LogP contribution in [0.25, 0.3) is 26.8 Å². The number of hydrogen-bond acceptors (Lipinski definition) is 5. The lowest BCUT2D eigenvalue weighted by molar-refractivity contribution is 0.788. The maximum Gasteiger partial charge on any atom is 0.333 e. The van der Waals surface area contributed by atoms with Crippen molar-refractivity contribution >= 4 is 60.8 Å². The molecule has 0 saturated carbocycles. The van der Waals surface area contributed by atoms with Crippen LogP contribution in [0.3, 0.4) is 0 Å². The van der Waals surface area contributed by atoms with Gasteiger partial charge < -0.3 is 4.98 Å². The Morgan fingerprint density at radius 1 is 1.26 bits per heavy atom. The van der Waals surface area contributed by atoms with Crippen LogP contribution >= 0.6 is 39.7 Å². The first-order chi connectivity index (χ1) is 10.6. The standard InChI is InChI=1S/C13H8BrN5O2S.ClH/c1-18-10-6(4-16-18)3-15-5-8(10)19-12(20)11-7(17-13(19)21)2-9(14)22-11;/h2-5H,1H3,(H,17,21);1H. The van der Waals surface area contributed by atoms with Gasteiger partial charge in [0.25, 0.3) is 5.56 Å². The van der Waals surface area contributed by atoms with E-state index in [0.717, 1.165) is 13.7 Å². The maximum atomic E-state index is 12.7. The molecule has 4 aromatic rings. The SMILES string of the molecule is Cl.Cn1ncc2cncc(-n3c(=O)[nH]c4cc(Br)sc4c3=O)c21. The first-order valence-electron chi connectivity index (χ1n) is 6.27. The van der Waals surface area contributed by atoms with Gasteiger partial charge in [-0.2, -0.15) is 5.10 Å². The quantitative estimate of drug-likeness (QED) is 0.517. The number of rotatable bonds is 1. The average Bonchev–Trinajstić information content (AvgIpc) is 3.03. The topological polar surface area (TPSA) is 85.6 Å². The molecule has 0 bridgehead atoms. The second-order valence-electron chi connectivity index (χ2n) is 4.73. The molecule has 0 aliphatic heterocycles. The zero-order chi connectivity index (χ0) is 15.4. The molecule has 4 aromatic heterocycles. The largest absolute Gasteiger partial charge is 0.333 e. The lowest BCUT2D eigenvalue weighted by Crippen LogP contribution is -2.33. The molecule has 0 fully saturated rings. The van der Waals surface area contributed by atoms with Crippen molar-refractivity contribution in [3.63, 3.8) is 0 Å². The van der Waals surface area contributed by atoms with E-state index in [-0.39, 0.29) is 18.0 Å². The summed E-state index contributed by atoms with van der Waals surface area (Å²) in [6.07, 6.45) is 4.78.